The van der Waals surface area contributed by atoms with Crippen LogP contribution in [0.2, 0.25) is 0 Å². The number of aldehydes is 1. The molecule has 1 aromatic heterocycles. The molecular weight excluding hydrogens is 773 g/mol. The van der Waals surface area contributed by atoms with Crippen molar-refractivity contribution in [2.75, 3.05) is 18.4 Å². The Labute approximate surface area is 352 Å². The minimum atomic E-state index is -4.67. The van der Waals surface area contributed by atoms with Crippen molar-refractivity contribution in [3.05, 3.63) is 85.4 Å². The average Bonchev–Trinajstić information content (AvgIpc) is 3.52. The molecular formula is C45H70N4O9S. The highest BCUT2D eigenvalue weighted by atomic mass is 32.2. The smallest absolute Gasteiger partial charge is 0.315 e. The number of nitrogens with one attached hydrogen (secondary N) is 1. The molecule has 0 aliphatic rings. The number of nitrogens with zero attached hydrogens (tertiary/aromatic N) is 3. The molecule has 0 amide bonds. The third kappa shape index (κ3) is 17.0. The number of ether oxygens (including phenoxy) is 1. The van der Waals surface area contributed by atoms with Gasteiger partial charge in [-0.3, -0.25) is 14.4 Å². The lowest BCUT2D eigenvalue weighted by Crippen LogP contribution is -2.38. The van der Waals surface area contributed by atoms with Crippen molar-refractivity contribution in [1.29, 1.82) is 0 Å². The van der Waals surface area contributed by atoms with Crippen LogP contribution in [0.4, 0.5) is 5.69 Å². The molecule has 0 spiro atoms. The summed E-state index contributed by atoms with van der Waals surface area (Å²) >= 11 is 0. The molecule has 0 bridgehead atoms. The number of aromatic nitrogens is 1. The maximum atomic E-state index is 13.7. The van der Waals surface area contributed by atoms with Crippen molar-refractivity contribution in [2.24, 2.45) is 5.92 Å². The Morgan fingerprint density at radius 2 is 1.53 bits per heavy atom. The molecule has 3 rings (SSSR count). The van der Waals surface area contributed by atoms with Crippen molar-refractivity contribution in [2.45, 2.75) is 169 Å². The SMILES string of the molecule is CCCCCCCCCCCCCCC(C)CCCN([N+](=O)[O-])S(=O)(=O)c1ccccc1-n1oc(C(C)(C)C)c(COC(C)=O)c1=O.CCNc1ccc(C=O)c(C)c1. The van der Waals surface area contributed by atoms with E-state index in [4.69, 9.17) is 9.26 Å². The molecule has 14 heteroatoms. The van der Waals surface area contributed by atoms with E-state index in [9.17, 15) is 32.9 Å². The topological polar surface area (TPSA) is 171 Å². The largest absolute Gasteiger partial charge is 0.461 e. The number of benzene rings is 2. The van der Waals surface area contributed by atoms with Gasteiger partial charge in [-0.1, -0.05) is 130 Å². The number of aryl methyl sites for hydroxylation is 1. The summed E-state index contributed by atoms with van der Waals surface area (Å²) in [5, 5.41) is 14.3. The van der Waals surface area contributed by atoms with Gasteiger partial charge in [0, 0.05) is 30.1 Å². The number of nitro groups is 1. The van der Waals surface area contributed by atoms with Gasteiger partial charge in [-0.25, -0.2) is 10.1 Å². The van der Waals surface area contributed by atoms with Crippen LogP contribution >= 0.6 is 0 Å². The van der Waals surface area contributed by atoms with E-state index in [2.05, 4.69) is 19.2 Å². The minimum Gasteiger partial charge on any atom is -0.461 e. The van der Waals surface area contributed by atoms with Gasteiger partial charge in [0.15, 0.2) is 10.8 Å². The van der Waals surface area contributed by atoms with Crippen molar-refractivity contribution < 1.29 is 32.3 Å². The van der Waals surface area contributed by atoms with E-state index in [0.717, 1.165) is 47.2 Å². The fraction of sp³-hybridized carbons (Fsp3) is 0.622. The Hall–Kier alpha value is -4.46. The van der Waals surface area contributed by atoms with E-state index in [1.807, 2.05) is 32.0 Å². The Morgan fingerprint density at radius 3 is 2.05 bits per heavy atom. The number of carbonyl (C=O) groups excluding carboxylic acids is 2. The summed E-state index contributed by atoms with van der Waals surface area (Å²) in [6.45, 7) is 15.2. The predicted octanol–water partition coefficient (Wildman–Crippen LogP) is 10.7. The van der Waals surface area contributed by atoms with Crippen LogP contribution in [0, 0.1) is 23.0 Å². The lowest BCUT2D eigenvalue weighted by atomic mass is 9.91. The fourth-order valence-electron chi connectivity index (χ4n) is 6.88. The first kappa shape index (κ1) is 50.7. The van der Waals surface area contributed by atoms with Gasteiger partial charge < -0.3 is 14.6 Å². The van der Waals surface area contributed by atoms with E-state index < -0.39 is 36.9 Å². The molecule has 0 aliphatic heterocycles. The standard InChI is InChI=1S/C35H57N3O8S.C10H13NO/c1-7-8-9-10-11-12-13-14-15-16-17-18-22-28(2)23-21-26-36(38(41)42)47(43,44)32-25-20-19-24-31(32)37-34(40)30(27-45-29(3)39)33(46-37)35(4,5)6;1-3-11-10-5-4-9(7-12)8(2)6-10/h19-20,24-25,28H,7-18,21-23,26-27H2,1-6H3;4-7,11H,3H2,1-2H3. The van der Waals surface area contributed by atoms with E-state index in [1.54, 1.807) is 20.8 Å². The van der Waals surface area contributed by atoms with Crippen molar-refractivity contribution >= 4 is 28.0 Å². The third-order valence-corrected chi connectivity index (χ3v) is 12.0. The first-order valence-electron chi connectivity index (χ1n) is 21.4. The molecule has 0 fully saturated rings. The maximum absolute atomic E-state index is 13.7. The third-order valence-electron chi connectivity index (χ3n) is 10.2. The van der Waals surface area contributed by atoms with Gasteiger partial charge in [-0.05, 0) is 72.9 Å². The van der Waals surface area contributed by atoms with E-state index >= 15 is 0 Å². The van der Waals surface area contributed by atoms with Gasteiger partial charge in [0.1, 0.15) is 23.5 Å². The highest BCUT2D eigenvalue weighted by Crippen LogP contribution is 2.30. The molecule has 1 unspecified atom stereocenters. The normalized spacial score (nSPS) is 12.0. The van der Waals surface area contributed by atoms with Crippen LogP contribution in [-0.2, 0) is 31.6 Å². The second kappa shape index (κ2) is 25.9. The zero-order valence-electron chi connectivity index (χ0n) is 36.8. The van der Waals surface area contributed by atoms with Crippen LogP contribution < -0.4 is 10.9 Å². The Morgan fingerprint density at radius 1 is 0.949 bits per heavy atom. The summed E-state index contributed by atoms with van der Waals surface area (Å²) in [7, 11) is -4.67. The van der Waals surface area contributed by atoms with E-state index in [0.29, 0.717) is 18.8 Å². The number of hydrogen-bond donors (Lipinski definition) is 1. The number of hydrazine groups is 1. The van der Waals surface area contributed by atoms with Crippen molar-refractivity contribution in [3.8, 4) is 5.69 Å². The quantitative estimate of drug-likeness (QED) is 0.0270. The summed E-state index contributed by atoms with van der Waals surface area (Å²) in [4.78, 5) is 47.0. The lowest BCUT2D eigenvalue weighted by Gasteiger charge is -2.18. The number of rotatable bonds is 26. The molecule has 0 saturated carbocycles. The molecule has 0 aliphatic carbocycles. The van der Waals surface area contributed by atoms with Gasteiger partial charge in [0.2, 0.25) is 0 Å². The number of para-hydroxylation sites is 1. The molecule has 330 valence electrons. The summed E-state index contributed by atoms with van der Waals surface area (Å²) in [5.74, 6) is -0.0656. The van der Waals surface area contributed by atoms with Crippen LogP contribution in [0.25, 0.3) is 5.69 Å². The van der Waals surface area contributed by atoms with Gasteiger partial charge in [-0.15, -0.1) is 4.74 Å². The van der Waals surface area contributed by atoms with Gasteiger partial charge in [-0.2, -0.15) is 8.42 Å². The van der Waals surface area contributed by atoms with Crippen LogP contribution in [0.15, 0.2) is 56.7 Å². The first-order valence-corrected chi connectivity index (χ1v) is 22.9. The second-order valence-corrected chi connectivity index (χ2v) is 18.2. The monoisotopic (exact) mass is 842 g/mol. The summed E-state index contributed by atoms with van der Waals surface area (Å²) in [5.41, 5.74) is 1.35. The van der Waals surface area contributed by atoms with Gasteiger partial charge in [0.25, 0.3) is 5.56 Å². The molecule has 0 radical (unpaired) electrons. The summed E-state index contributed by atoms with van der Waals surface area (Å²) in [6, 6.07) is 11.3. The van der Waals surface area contributed by atoms with Crippen LogP contribution in [-0.4, -0.2) is 47.9 Å². The highest BCUT2D eigenvalue weighted by Gasteiger charge is 2.37. The number of hydrogen-bond acceptors (Lipinski definition) is 10. The fourth-order valence-corrected chi connectivity index (χ4v) is 8.32. The zero-order chi connectivity index (χ0) is 44.0. The molecule has 2 aromatic carbocycles. The van der Waals surface area contributed by atoms with Crippen molar-refractivity contribution in [1.82, 2.24) is 9.15 Å². The molecule has 3 aromatic rings. The van der Waals surface area contributed by atoms with Gasteiger partial charge >= 0.3 is 16.0 Å². The zero-order valence-corrected chi connectivity index (χ0v) is 37.7. The molecule has 1 heterocycles. The second-order valence-electron chi connectivity index (χ2n) is 16.4. The van der Waals surface area contributed by atoms with E-state index in [-0.39, 0.29) is 34.6 Å². The maximum Gasteiger partial charge on any atom is 0.315 e. The Bertz CT molecular complexity index is 1910. The number of unbranched alkanes of at least 4 members (excludes halogenated alkanes) is 11. The Kier molecular flexibility index (Phi) is 22.2. The van der Waals surface area contributed by atoms with Crippen LogP contribution in [0.5, 0.6) is 0 Å². The van der Waals surface area contributed by atoms with E-state index in [1.165, 1.54) is 102 Å². The van der Waals surface area contributed by atoms with Crippen LogP contribution in [0.1, 0.15) is 172 Å². The summed E-state index contributed by atoms with van der Waals surface area (Å²) in [6.07, 6.45) is 18.2. The molecule has 59 heavy (non-hydrogen) atoms. The molecule has 1 atom stereocenters. The van der Waals surface area contributed by atoms with Gasteiger partial charge in [0.05, 0.1) is 12.1 Å². The van der Waals surface area contributed by atoms with Crippen molar-refractivity contribution in [3.63, 3.8) is 0 Å². The number of sulfonamides is 1. The molecule has 13 nitrogen and oxygen atoms in total. The highest BCUT2D eigenvalue weighted by molar-refractivity contribution is 7.89. The number of anilines is 1. The average molecular weight is 843 g/mol. The number of carbonyl (C=O) groups is 2. The molecule has 1 N–H and O–H groups in total. The number of esters is 1. The first-order chi connectivity index (χ1) is 28.0. The summed E-state index contributed by atoms with van der Waals surface area (Å²) < 4.78 is 39.4. The Balaban J connectivity index is 0.000000851. The predicted molar refractivity (Wildman–Crippen MR) is 234 cm³/mol. The molecule has 0 saturated heterocycles. The van der Waals surface area contributed by atoms with Crippen LogP contribution in [0.3, 0.4) is 0 Å². The minimum absolute atomic E-state index is 0.0631. The lowest BCUT2D eigenvalue weighted by molar-refractivity contribution is -0.620.